The van der Waals surface area contributed by atoms with Crippen LogP contribution in [0.4, 0.5) is 4.79 Å². The Morgan fingerprint density at radius 1 is 1.08 bits per heavy atom. The largest absolute Gasteiger partial charge is 0.493 e. The number of hydrogen-bond donors (Lipinski definition) is 0. The first kappa shape index (κ1) is 26.1. The molecule has 3 aromatic rings. The Hall–Kier alpha value is -3.02. The van der Waals surface area contributed by atoms with Crippen LogP contribution in [0.15, 0.2) is 71.6 Å². The van der Waals surface area contributed by atoms with E-state index in [1.165, 1.54) is 13.2 Å². The van der Waals surface area contributed by atoms with E-state index in [2.05, 4.69) is 0 Å². The Labute approximate surface area is 230 Å². The molecular weight excluding hydrogens is 617 g/mol. The number of para-hydroxylation sites is 1. The Bertz CT molecular complexity index is 1350. The molecule has 10 heteroatoms. The Morgan fingerprint density at radius 3 is 2.58 bits per heavy atom. The molecule has 0 N–H and O–H groups in total. The molecule has 0 aromatic heterocycles. The molecule has 1 aliphatic heterocycles. The van der Waals surface area contributed by atoms with Crippen LogP contribution in [0, 0.1) is 3.57 Å². The van der Waals surface area contributed by atoms with Gasteiger partial charge in [0, 0.05) is 5.02 Å². The molecule has 0 spiro atoms. The molecule has 0 saturated carbocycles. The highest BCUT2D eigenvalue weighted by Gasteiger charge is 2.35. The maximum atomic E-state index is 12.8. The minimum atomic E-state index is -0.583. The lowest BCUT2D eigenvalue weighted by Gasteiger charge is -2.13. The summed E-state index contributed by atoms with van der Waals surface area (Å²) >= 11 is 8.85. The van der Waals surface area contributed by atoms with E-state index in [1.54, 1.807) is 48.5 Å². The number of amides is 2. The number of imide groups is 1. The monoisotopic (exact) mass is 635 g/mol. The molecule has 36 heavy (non-hydrogen) atoms. The molecule has 4 rings (SSSR count). The number of rotatable bonds is 8. The van der Waals surface area contributed by atoms with E-state index in [1.807, 2.05) is 40.8 Å². The lowest BCUT2D eigenvalue weighted by Crippen LogP contribution is -2.32. The van der Waals surface area contributed by atoms with Crippen LogP contribution < -0.4 is 14.2 Å². The van der Waals surface area contributed by atoms with Gasteiger partial charge in [-0.2, -0.15) is 0 Å². The third-order valence-electron chi connectivity index (χ3n) is 5.01. The van der Waals surface area contributed by atoms with Gasteiger partial charge in [0.1, 0.15) is 12.4 Å². The summed E-state index contributed by atoms with van der Waals surface area (Å²) < 4.78 is 17.2. The van der Waals surface area contributed by atoms with Crippen molar-refractivity contribution in [2.75, 3.05) is 20.3 Å². The maximum absolute atomic E-state index is 12.8. The van der Waals surface area contributed by atoms with Crippen LogP contribution in [0.2, 0.25) is 5.02 Å². The lowest BCUT2D eigenvalue weighted by molar-refractivity contribution is -0.123. The van der Waals surface area contributed by atoms with Gasteiger partial charge in [-0.15, -0.1) is 0 Å². The molecule has 1 heterocycles. The van der Waals surface area contributed by atoms with Gasteiger partial charge in [0.15, 0.2) is 11.5 Å². The van der Waals surface area contributed by atoms with E-state index in [9.17, 15) is 14.4 Å². The minimum Gasteiger partial charge on any atom is -0.493 e. The van der Waals surface area contributed by atoms with Gasteiger partial charge in [-0.1, -0.05) is 35.9 Å². The predicted octanol–water partition coefficient (Wildman–Crippen LogP) is 6.29. The first-order valence-corrected chi connectivity index (χ1v) is 12.9. The van der Waals surface area contributed by atoms with E-state index >= 15 is 0 Å². The summed E-state index contributed by atoms with van der Waals surface area (Å²) in [5.41, 5.74) is 0.916. The number of thioether (sulfide) groups is 1. The molecule has 0 unspecified atom stereocenters. The zero-order chi connectivity index (χ0) is 25.7. The molecule has 0 atom stereocenters. The summed E-state index contributed by atoms with van der Waals surface area (Å²) in [6.45, 7) is 0.323. The summed E-state index contributed by atoms with van der Waals surface area (Å²) in [7, 11) is 1.45. The molecule has 0 radical (unpaired) electrons. The van der Waals surface area contributed by atoms with E-state index in [0.717, 1.165) is 16.7 Å². The number of halogens is 2. The summed E-state index contributed by atoms with van der Waals surface area (Å²) in [5.74, 6) is 0.232. The topological polar surface area (TPSA) is 82.1 Å². The van der Waals surface area contributed by atoms with Gasteiger partial charge in [0.2, 0.25) is 0 Å². The van der Waals surface area contributed by atoms with Crippen LogP contribution in [0.5, 0.6) is 17.2 Å². The maximum Gasteiger partial charge on any atom is 0.343 e. The highest BCUT2D eigenvalue weighted by Crippen LogP contribution is 2.37. The molecule has 2 amide bonds. The van der Waals surface area contributed by atoms with E-state index < -0.39 is 11.9 Å². The molecule has 1 saturated heterocycles. The second kappa shape index (κ2) is 11.8. The van der Waals surface area contributed by atoms with Gasteiger partial charge in [0.05, 0.1) is 27.7 Å². The van der Waals surface area contributed by atoms with Crippen molar-refractivity contribution >= 4 is 69.1 Å². The lowest BCUT2D eigenvalue weighted by atomic mass is 10.1. The predicted molar refractivity (Wildman–Crippen MR) is 147 cm³/mol. The number of carbonyl (C=O) groups excluding carboxylic acids is 3. The first-order chi connectivity index (χ1) is 17.4. The van der Waals surface area contributed by atoms with Gasteiger partial charge in [-0.3, -0.25) is 14.5 Å². The number of benzene rings is 3. The van der Waals surface area contributed by atoms with Crippen molar-refractivity contribution in [2.45, 2.75) is 0 Å². The fourth-order valence-electron chi connectivity index (χ4n) is 3.30. The normalized spacial score (nSPS) is 14.3. The molecule has 184 valence electrons. The minimum absolute atomic E-state index is 0.135. The van der Waals surface area contributed by atoms with Gasteiger partial charge < -0.3 is 14.2 Å². The van der Waals surface area contributed by atoms with Crippen molar-refractivity contribution in [3.8, 4) is 17.2 Å². The zero-order valence-electron chi connectivity index (χ0n) is 18.9. The number of carbonyl (C=O) groups is 3. The summed E-state index contributed by atoms with van der Waals surface area (Å²) in [4.78, 5) is 39.3. The van der Waals surface area contributed by atoms with Gasteiger partial charge in [-0.05, 0) is 88.5 Å². The molecule has 0 aliphatic carbocycles. The molecular formula is C26H19ClINO6S. The fourth-order valence-corrected chi connectivity index (χ4v) is 5.10. The van der Waals surface area contributed by atoms with E-state index in [4.69, 9.17) is 25.8 Å². The second-order valence-electron chi connectivity index (χ2n) is 7.43. The Morgan fingerprint density at radius 2 is 1.86 bits per heavy atom. The van der Waals surface area contributed by atoms with Crippen molar-refractivity contribution in [3.63, 3.8) is 0 Å². The molecule has 0 bridgehead atoms. The Kier molecular flexibility index (Phi) is 8.55. The van der Waals surface area contributed by atoms with E-state index in [0.29, 0.717) is 31.2 Å². The highest BCUT2D eigenvalue weighted by molar-refractivity contribution is 14.1. The quantitative estimate of drug-likeness (QED) is 0.125. The van der Waals surface area contributed by atoms with Crippen molar-refractivity contribution < 1.29 is 28.6 Å². The third-order valence-corrected chi connectivity index (χ3v) is 6.95. The number of methoxy groups -OCH3 is 1. The highest BCUT2D eigenvalue weighted by atomic mass is 127. The number of esters is 1. The average Bonchev–Trinajstić information content (AvgIpc) is 3.13. The van der Waals surface area contributed by atoms with Crippen LogP contribution in [0.1, 0.15) is 15.9 Å². The van der Waals surface area contributed by atoms with Gasteiger partial charge in [-0.25, -0.2) is 4.79 Å². The van der Waals surface area contributed by atoms with Crippen LogP contribution in [0.25, 0.3) is 6.08 Å². The molecule has 1 aliphatic rings. The van der Waals surface area contributed by atoms with Crippen molar-refractivity contribution in [1.82, 2.24) is 4.90 Å². The van der Waals surface area contributed by atoms with E-state index in [-0.39, 0.29) is 29.0 Å². The number of hydrogen-bond acceptors (Lipinski definition) is 7. The van der Waals surface area contributed by atoms with Crippen molar-refractivity contribution in [1.29, 1.82) is 0 Å². The molecule has 3 aromatic carbocycles. The zero-order valence-corrected chi connectivity index (χ0v) is 22.6. The van der Waals surface area contributed by atoms with Crippen molar-refractivity contribution in [3.05, 3.63) is 91.4 Å². The third kappa shape index (κ3) is 6.21. The van der Waals surface area contributed by atoms with Crippen molar-refractivity contribution in [2.24, 2.45) is 0 Å². The first-order valence-electron chi connectivity index (χ1n) is 10.6. The van der Waals surface area contributed by atoms with Gasteiger partial charge in [0.25, 0.3) is 11.1 Å². The SMILES string of the molecule is COc1cc(/C=C2\SC(=O)N(CCOc3ccccc3)C2=O)cc(I)c1OC(=O)c1cccc(Cl)c1. The van der Waals surface area contributed by atoms with Crippen LogP contribution >= 0.6 is 46.0 Å². The number of nitrogens with zero attached hydrogens (tertiary/aromatic N) is 1. The Balaban J connectivity index is 1.48. The fraction of sp³-hybridized carbons (Fsp3) is 0.115. The number of ether oxygens (including phenoxy) is 3. The average molecular weight is 636 g/mol. The van der Waals surface area contributed by atoms with Gasteiger partial charge >= 0.3 is 5.97 Å². The van der Waals surface area contributed by atoms with Crippen LogP contribution in [-0.2, 0) is 4.79 Å². The standard InChI is InChI=1S/C26H19ClINO6S/c1-33-21-13-16(12-20(28)23(21)35-25(31)17-6-5-7-18(27)15-17)14-22-24(30)29(26(32)36-22)10-11-34-19-8-3-2-4-9-19/h2-9,12-15H,10-11H2,1H3/b22-14-. The summed E-state index contributed by atoms with van der Waals surface area (Å²) in [6, 6.07) is 19.0. The molecule has 7 nitrogen and oxygen atoms in total. The van der Waals surface area contributed by atoms with Crippen LogP contribution in [-0.4, -0.2) is 42.3 Å². The smallest absolute Gasteiger partial charge is 0.343 e. The summed E-state index contributed by atoms with van der Waals surface area (Å²) in [5, 5.41) is 0.0543. The summed E-state index contributed by atoms with van der Waals surface area (Å²) in [6.07, 6.45) is 1.61. The van der Waals surface area contributed by atoms with Crippen LogP contribution in [0.3, 0.4) is 0 Å². The molecule has 1 fully saturated rings. The second-order valence-corrected chi connectivity index (χ2v) is 10.0.